The first-order valence-corrected chi connectivity index (χ1v) is 8.19. The van der Waals surface area contributed by atoms with E-state index in [2.05, 4.69) is 15.5 Å². The topological polar surface area (TPSA) is 100 Å². The van der Waals surface area contributed by atoms with Gasteiger partial charge in [0.25, 0.3) is 10.8 Å². The number of amides is 1. The van der Waals surface area contributed by atoms with Crippen molar-refractivity contribution in [1.82, 2.24) is 5.43 Å². The molecule has 1 aromatic heterocycles. The number of carbonyl (C=O) groups is 1. The molecule has 7 nitrogen and oxygen atoms in total. The maximum atomic E-state index is 12.2. The minimum absolute atomic E-state index is 0.00420. The number of anilines is 1. The molecule has 0 atom stereocenters. The summed E-state index contributed by atoms with van der Waals surface area (Å²) in [4.78, 5) is 14.7. The van der Waals surface area contributed by atoms with Gasteiger partial charge in [0.2, 0.25) is 0 Å². The number of rotatable bonds is 3. The van der Waals surface area contributed by atoms with Crippen LogP contribution >= 0.6 is 34.8 Å². The van der Waals surface area contributed by atoms with Crippen LogP contribution in [0.25, 0.3) is 0 Å². The van der Waals surface area contributed by atoms with Crippen LogP contribution in [0.2, 0.25) is 15.2 Å². The van der Waals surface area contributed by atoms with Crippen molar-refractivity contribution in [1.29, 1.82) is 0 Å². The molecule has 1 aliphatic rings. The SMILES string of the molecule is Nc1c(Cl)c(Cl)[nH+]c(C(=O)N/N=C\c2ccc3c(c2)OCCO3)c1Cl. The molecule has 2 aromatic rings. The molecular weight excluding hydrogens is 391 g/mol. The molecule has 1 aromatic carbocycles. The fourth-order valence-electron chi connectivity index (χ4n) is 2.09. The molecule has 0 aliphatic carbocycles. The number of carbonyl (C=O) groups excluding carboxylic acids is 1. The predicted molar refractivity (Wildman–Crippen MR) is 94.9 cm³/mol. The van der Waals surface area contributed by atoms with E-state index < -0.39 is 5.91 Å². The number of hydrogen-bond acceptors (Lipinski definition) is 5. The van der Waals surface area contributed by atoms with Crippen molar-refractivity contribution in [2.75, 3.05) is 18.9 Å². The Morgan fingerprint density at radius 2 is 1.92 bits per heavy atom. The van der Waals surface area contributed by atoms with E-state index in [9.17, 15) is 4.79 Å². The van der Waals surface area contributed by atoms with Crippen molar-refractivity contribution in [2.45, 2.75) is 0 Å². The van der Waals surface area contributed by atoms with E-state index in [1.54, 1.807) is 18.2 Å². The molecule has 0 radical (unpaired) electrons. The molecule has 0 saturated heterocycles. The Hall–Kier alpha value is -2.22. The highest BCUT2D eigenvalue weighted by Crippen LogP contribution is 2.32. The summed E-state index contributed by atoms with van der Waals surface area (Å²) in [6, 6.07) is 5.29. The highest BCUT2D eigenvalue weighted by atomic mass is 35.5. The number of pyridine rings is 1. The van der Waals surface area contributed by atoms with Crippen molar-refractivity contribution in [3.63, 3.8) is 0 Å². The molecule has 0 fully saturated rings. The lowest BCUT2D eigenvalue weighted by Crippen LogP contribution is -2.28. The average Bonchev–Trinajstić information content (AvgIpc) is 2.62. The Labute approximate surface area is 157 Å². The van der Waals surface area contributed by atoms with Gasteiger partial charge >= 0.3 is 5.91 Å². The van der Waals surface area contributed by atoms with E-state index in [1.165, 1.54) is 6.21 Å². The van der Waals surface area contributed by atoms with Gasteiger partial charge in [-0.05, 0) is 35.4 Å². The van der Waals surface area contributed by atoms with Crippen LogP contribution in [0.4, 0.5) is 5.69 Å². The molecule has 2 heterocycles. The number of nitrogens with zero attached hydrogens (tertiary/aromatic N) is 1. The van der Waals surface area contributed by atoms with Crippen LogP contribution in [0.1, 0.15) is 16.1 Å². The van der Waals surface area contributed by atoms with E-state index in [1.807, 2.05) is 0 Å². The molecule has 0 spiro atoms. The first kappa shape index (κ1) is 17.6. The quantitative estimate of drug-likeness (QED) is 0.468. The molecule has 25 heavy (non-hydrogen) atoms. The number of nitrogens with one attached hydrogen (secondary N) is 2. The molecule has 0 bridgehead atoms. The van der Waals surface area contributed by atoms with Gasteiger partial charge in [0.05, 0.1) is 11.9 Å². The van der Waals surface area contributed by atoms with Gasteiger partial charge < -0.3 is 15.2 Å². The summed E-state index contributed by atoms with van der Waals surface area (Å²) < 4.78 is 10.9. The Kier molecular flexibility index (Phi) is 5.17. The largest absolute Gasteiger partial charge is 0.486 e. The summed E-state index contributed by atoms with van der Waals surface area (Å²) in [7, 11) is 0. The number of aromatic amines is 1. The van der Waals surface area contributed by atoms with Gasteiger partial charge in [-0.25, -0.2) is 5.43 Å². The smallest absolute Gasteiger partial charge is 0.337 e. The highest BCUT2D eigenvalue weighted by Gasteiger charge is 2.25. The Bertz CT molecular complexity index is 874. The van der Waals surface area contributed by atoms with Gasteiger partial charge in [0.15, 0.2) is 11.5 Å². The number of fused-ring (bicyclic) bond motifs is 1. The van der Waals surface area contributed by atoms with Gasteiger partial charge in [0.1, 0.15) is 23.3 Å². The summed E-state index contributed by atoms with van der Waals surface area (Å²) in [5, 5.41) is 3.88. The van der Waals surface area contributed by atoms with E-state index in [-0.39, 0.29) is 26.6 Å². The number of benzene rings is 1. The predicted octanol–water partition coefficient (Wildman–Crippen LogP) is 2.58. The second-order valence-electron chi connectivity index (χ2n) is 4.96. The first-order chi connectivity index (χ1) is 12.0. The minimum Gasteiger partial charge on any atom is -0.486 e. The average molecular weight is 403 g/mol. The van der Waals surface area contributed by atoms with Crippen LogP contribution in [0.5, 0.6) is 11.5 Å². The van der Waals surface area contributed by atoms with Crippen molar-refractivity contribution in [3.8, 4) is 11.5 Å². The third kappa shape index (κ3) is 3.73. The third-order valence-electron chi connectivity index (χ3n) is 3.29. The summed E-state index contributed by atoms with van der Waals surface area (Å²) in [5.74, 6) is 0.666. The first-order valence-electron chi connectivity index (χ1n) is 7.05. The second kappa shape index (κ2) is 7.35. The standard InChI is InChI=1S/C15H11Cl3N4O3/c16-10-12(19)11(17)14(18)21-13(10)15(23)22-20-6-7-1-2-8-9(5-7)25-4-3-24-8/h1-2,5-6H,3-4H2,(H2,19,21)(H,22,23)/p+1/b20-6-. The summed E-state index contributed by atoms with van der Waals surface area (Å²) in [6.07, 6.45) is 1.45. The zero-order chi connectivity index (χ0) is 18.0. The van der Waals surface area contributed by atoms with E-state index in [0.717, 1.165) is 0 Å². The van der Waals surface area contributed by atoms with Crippen LogP contribution in [0.15, 0.2) is 23.3 Å². The fourth-order valence-corrected chi connectivity index (χ4v) is 2.70. The second-order valence-corrected chi connectivity index (χ2v) is 6.09. The molecule has 3 rings (SSSR count). The van der Waals surface area contributed by atoms with E-state index >= 15 is 0 Å². The van der Waals surface area contributed by atoms with Gasteiger partial charge in [-0.1, -0.05) is 23.2 Å². The molecule has 0 unspecified atom stereocenters. The van der Waals surface area contributed by atoms with E-state index in [4.69, 9.17) is 50.0 Å². The van der Waals surface area contributed by atoms with Gasteiger partial charge in [-0.15, -0.1) is 0 Å². The zero-order valence-corrected chi connectivity index (χ0v) is 14.9. The normalized spacial score (nSPS) is 13.1. The number of nitrogens with two attached hydrogens (primary N) is 1. The molecular formula is C15H12Cl3N4O3+. The lowest BCUT2D eigenvalue weighted by Gasteiger charge is -2.18. The molecule has 1 aliphatic heterocycles. The molecule has 130 valence electrons. The van der Waals surface area contributed by atoms with Crippen LogP contribution in [-0.2, 0) is 0 Å². The third-order valence-corrected chi connectivity index (χ3v) is 4.46. The number of H-pyrrole nitrogens is 1. The summed E-state index contributed by atoms with van der Waals surface area (Å²) in [6.45, 7) is 0.998. The number of halogens is 3. The maximum absolute atomic E-state index is 12.2. The lowest BCUT2D eigenvalue weighted by molar-refractivity contribution is -0.379. The molecule has 0 saturated carbocycles. The van der Waals surface area contributed by atoms with Crippen molar-refractivity contribution in [2.24, 2.45) is 5.10 Å². The lowest BCUT2D eigenvalue weighted by atomic mass is 10.2. The Morgan fingerprint density at radius 3 is 2.68 bits per heavy atom. The van der Waals surface area contributed by atoms with E-state index in [0.29, 0.717) is 30.3 Å². The Morgan fingerprint density at radius 1 is 1.20 bits per heavy atom. The summed E-state index contributed by atoms with van der Waals surface area (Å²) in [5.41, 5.74) is 8.70. The summed E-state index contributed by atoms with van der Waals surface area (Å²) >= 11 is 17.7. The Balaban J connectivity index is 1.73. The van der Waals surface area contributed by atoms with Gasteiger partial charge in [-0.3, -0.25) is 4.79 Å². The molecule has 10 heteroatoms. The van der Waals surface area contributed by atoms with Crippen LogP contribution in [-0.4, -0.2) is 25.3 Å². The van der Waals surface area contributed by atoms with Gasteiger partial charge in [0, 0.05) is 0 Å². The van der Waals surface area contributed by atoms with Crippen LogP contribution in [0.3, 0.4) is 0 Å². The zero-order valence-electron chi connectivity index (χ0n) is 12.6. The molecule has 4 N–H and O–H groups in total. The fraction of sp³-hybridized carbons (Fsp3) is 0.133. The van der Waals surface area contributed by atoms with Crippen LogP contribution < -0.4 is 25.6 Å². The number of aromatic nitrogens is 1. The van der Waals surface area contributed by atoms with Gasteiger partial charge in [-0.2, -0.15) is 10.1 Å². The number of hydrazone groups is 1. The monoisotopic (exact) mass is 401 g/mol. The van der Waals surface area contributed by atoms with Crippen LogP contribution in [0, 0.1) is 0 Å². The maximum Gasteiger partial charge on any atom is 0.337 e. The van der Waals surface area contributed by atoms with Crippen molar-refractivity contribution in [3.05, 3.63) is 44.7 Å². The highest BCUT2D eigenvalue weighted by molar-refractivity contribution is 6.45. The number of nitrogen functional groups attached to an aromatic ring is 1. The van der Waals surface area contributed by atoms with Crippen molar-refractivity contribution < 1.29 is 19.3 Å². The number of ether oxygens (including phenoxy) is 2. The number of hydrogen-bond donors (Lipinski definition) is 2. The molecule has 1 amide bonds. The van der Waals surface area contributed by atoms with Crippen molar-refractivity contribution >= 4 is 52.6 Å². The minimum atomic E-state index is -0.621.